The van der Waals surface area contributed by atoms with Crippen LogP contribution in [0.25, 0.3) is 10.9 Å². The molecule has 1 amide bonds. The number of carbonyl (C=O) groups is 1. The minimum absolute atomic E-state index is 0.0538. The van der Waals surface area contributed by atoms with Crippen molar-refractivity contribution < 1.29 is 9.53 Å². The van der Waals surface area contributed by atoms with Crippen LogP contribution in [0, 0.1) is 6.92 Å². The average molecular weight is 354 g/mol. The molecule has 26 heavy (non-hydrogen) atoms. The third kappa shape index (κ3) is 3.40. The second kappa shape index (κ2) is 7.23. The SMILES string of the molecule is Cc1ccc2[nH]c(=O)c(CN(C(=O)C3CCCO3)C3CCCC3)cc2c1. The van der Waals surface area contributed by atoms with Crippen molar-refractivity contribution >= 4 is 16.8 Å². The van der Waals surface area contributed by atoms with Crippen LogP contribution in [0.4, 0.5) is 0 Å². The van der Waals surface area contributed by atoms with Gasteiger partial charge in [-0.3, -0.25) is 9.59 Å². The Morgan fingerprint density at radius 2 is 2.00 bits per heavy atom. The molecule has 1 aromatic heterocycles. The summed E-state index contributed by atoms with van der Waals surface area (Å²) >= 11 is 0. The Bertz CT molecular complexity index is 861. The largest absolute Gasteiger partial charge is 0.368 e. The molecule has 2 fully saturated rings. The zero-order valence-electron chi connectivity index (χ0n) is 15.3. The lowest BCUT2D eigenvalue weighted by molar-refractivity contribution is -0.144. The van der Waals surface area contributed by atoms with E-state index in [9.17, 15) is 9.59 Å². The third-order valence-corrected chi connectivity index (χ3v) is 5.67. The first-order valence-corrected chi connectivity index (χ1v) is 9.66. The molecule has 138 valence electrons. The summed E-state index contributed by atoms with van der Waals surface area (Å²) in [5, 5.41) is 1.01. The van der Waals surface area contributed by atoms with Crippen molar-refractivity contribution in [1.82, 2.24) is 9.88 Å². The zero-order valence-corrected chi connectivity index (χ0v) is 15.3. The number of benzene rings is 1. The lowest BCUT2D eigenvalue weighted by Crippen LogP contribution is -2.44. The van der Waals surface area contributed by atoms with E-state index in [4.69, 9.17) is 4.74 Å². The van der Waals surface area contributed by atoms with Crippen LogP contribution in [0.2, 0.25) is 0 Å². The summed E-state index contributed by atoms with van der Waals surface area (Å²) in [6, 6.07) is 8.15. The molecule has 5 heteroatoms. The number of H-pyrrole nitrogens is 1. The van der Waals surface area contributed by atoms with Gasteiger partial charge in [0, 0.05) is 23.7 Å². The van der Waals surface area contributed by atoms with E-state index in [0.717, 1.165) is 55.0 Å². The maximum absolute atomic E-state index is 13.1. The minimum Gasteiger partial charge on any atom is -0.368 e. The second-order valence-corrected chi connectivity index (χ2v) is 7.62. The molecule has 0 bridgehead atoms. The Morgan fingerprint density at radius 3 is 2.73 bits per heavy atom. The molecule has 1 atom stereocenters. The van der Waals surface area contributed by atoms with Gasteiger partial charge in [-0.2, -0.15) is 0 Å². The molecule has 1 aromatic carbocycles. The molecule has 2 aliphatic rings. The summed E-state index contributed by atoms with van der Waals surface area (Å²) in [7, 11) is 0. The molecule has 5 nitrogen and oxygen atoms in total. The quantitative estimate of drug-likeness (QED) is 0.916. The van der Waals surface area contributed by atoms with E-state index in [1.54, 1.807) is 0 Å². The number of nitrogens with zero attached hydrogens (tertiary/aromatic N) is 1. The molecule has 1 saturated heterocycles. The van der Waals surface area contributed by atoms with Gasteiger partial charge in [-0.25, -0.2) is 0 Å². The van der Waals surface area contributed by atoms with Crippen molar-refractivity contribution in [2.45, 2.75) is 64.1 Å². The third-order valence-electron chi connectivity index (χ3n) is 5.67. The first kappa shape index (κ1) is 17.3. The number of pyridine rings is 1. The maximum Gasteiger partial charge on any atom is 0.253 e. The van der Waals surface area contributed by atoms with E-state index in [2.05, 4.69) is 11.1 Å². The van der Waals surface area contributed by atoms with Crippen LogP contribution in [0.15, 0.2) is 29.1 Å². The molecule has 0 radical (unpaired) electrons. The maximum atomic E-state index is 13.1. The summed E-state index contributed by atoms with van der Waals surface area (Å²) < 4.78 is 5.63. The summed E-state index contributed by atoms with van der Waals surface area (Å²) in [5.41, 5.74) is 2.53. The highest BCUT2D eigenvalue weighted by Gasteiger charge is 2.34. The molecular weight excluding hydrogens is 328 g/mol. The van der Waals surface area contributed by atoms with E-state index in [-0.39, 0.29) is 23.6 Å². The van der Waals surface area contributed by atoms with Gasteiger partial charge in [0.25, 0.3) is 11.5 Å². The zero-order chi connectivity index (χ0) is 18.1. The fraction of sp³-hybridized carbons (Fsp3) is 0.524. The van der Waals surface area contributed by atoms with Crippen molar-refractivity contribution in [2.24, 2.45) is 0 Å². The van der Waals surface area contributed by atoms with Crippen LogP contribution >= 0.6 is 0 Å². The number of ether oxygens (including phenoxy) is 1. The van der Waals surface area contributed by atoms with Crippen LogP contribution in [-0.4, -0.2) is 34.5 Å². The fourth-order valence-electron chi connectivity index (χ4n) is 4.23. The number of amides is 1. The summed E-state index contributed by atoms with van der Waals surface area (Å²) in [6.45, 7) is 3.06. The molecule has 0 spiro atoms. The molecule has 1 aliphatic carbocycles. The molecule has 2 heterocycles. The Hall–Kier alpha value is -2.14. The van der Waals surface area contributed by atoms with Gasteiger partial charge in [0.2, 0.25) is 0 Å². The van der Waals surface area contributed by atoms with Crippen LogP contribution in [0.5, 0.6) is 0 Å². The number of aromatic amines is 1. The molecule has 2 aromatic rings. The Labute approximate surface area is 153 Å². The lowest BCUT2D eigenvalue weighted by atomic mass is 10.1. The molecule has 1 aliphatic heterocycles. The predicted molar refractivity (Wildman–Crippen MR) is 101 cm³/mol. The number of rotatable bonds is 4. The molecule has 1 unspecified atom stereocenters. The highest BCUT2D eigenvalue weighted by Crippen LogP contribution is 2.27. The van der Waals surface area contributed by atoms with Crippen molar-refractivity contribution in [3.63, 3.8) is 0 Å². The van der Waals surface area contributed by atoms with Crippen molar-refractivity contribution in [3.8, 4) is 0 Å². The molecule has 1 saturated carbocycles. The van der Waals surface area contributed by atoms with Crippen LogP contribution < -0.4 is 5.56 Å². The highest BCUT2D eigenvalue weighted by atomic mass is 16.5. The van der Waals surface area contributed by atoms with Crippen LogP contribution in [-0.2, 0) is 16.1 Å². The fourth-order valence-corrected chi connectivity index (χ4v) is 4.23. The average Bonchev–Trinajstić information content (AvgIpc) is 3.33. The molecule has 1 N–H and O–H groups in total. The van der Waals surface area contributed by atoms with Gasteiger partial charge in [0.1, 0.15) is 6.10 Å². The molecular formula is C21H26N2O3. The minimum atomic E-state index is -0.336. The first-order valence-electron chi connectivity index (χ1n) is 9.66. The Kier molecular flexibility index (Phi) is 4.81. The number of carbonyl (C=O) groups excluding carboxylic acids is 1. The monoisotopic (exact) mass is 354 g/mol. The molecule has 4 rings (SSSR count). The number of aromatic nitrogens is 1. The van der Waals surface area contributed by atoms with E-state index in [1.807, 2.05) is 30.0 Å². The van der Waals surface area contributed by atoms with E-state index in [1.165, 1.54) is 0 Å². The van der Waals surface area contributed by atoms with Gasteiger partial charge in [-0.1, -0.05) is 24.5 Å². The number of hydrogen-bond acceptors (Lipinski definition) is 3. The van der Waals surface area contributed by atoms with E-state index in [0.29, 0.717) is 18.7 Å². The topological polar surface area (TPSA) is 62.4 Å². The number of hydrogen-bond donors (Lipinski definition) is 1. The Balaban J connectivity index is 1.66. The lowest BCUT2D eigenvalue weighted by Gasteiger charge is -2.31. The smallest absolute Gasteiger partial charge is 0.253 e. The van der Waals surface area contributed by atoms with Gasteiger partial charge in [0.15, 0.2) is 0 Å². The van der Waals surface area contributed by atoms with Crippen molar-refractivity contribution in [1.29, 1.82) is 0 Å². The normalized spacial score (nSPS) is 20.7. The van der Waals surface area contributed by atoms with Gasteiger partial charge in [-0.05, 0) is 56.2 Å². The number of aryl methyl sites for hydroxylation is 1. The summed E-state index contributed by atoms with van der Waals surface area (Å²) in [6.07, 6.45) is 5.71. The van der Waals surface area contributed by atoms with Gasteiger partial charge in [-0.15, -0.1) is 0 Å². The van der Waals surface area contributed by atoms with E-state index >= 15 is 0 Å². The second-order valence-electron chi connectivity index (χ2n) is 7.62. The predicted octanol–water partition coefficient (Wildman–Crippen LogP) is 3.29. The Morgan fingerprint density at radius 1 is 1.19 bits per heavy atom. The van der Waals surface area contributed by atoms with Crippen molar-refractivity contribution in [2.75, 3.05) is 6.61 Å². The van der Waals surface area contributed by atoms with E-state index < -0.39 is 0 Å². The number of nitrogens with one attached hydrogen (secondary N) is 1. The van der Waals surface area contributed by atoms with Crippen LogP contribution in [0.3, 0.4) is 0 Å². The summed E-state index contributed by atoms with van der Waals surface area (Å²) in [4.78, 5) is 30.5. The van der Waals surface area contributed by atoms with Gasteiger partial charge in [0.05, 0.1) is 6.54 Å². The van der Waals surface area contributed by atoms with Crippen molar-refractivity contribution in [3.05, 3.63) is 45.7 Å². The van der Waals surface area contributed by atoms with Gasteiger partial charge < -0.3 is 14.6 Å². The summed E-state index contributed by atoms with van der Waals surface area (Å²) in [5.74, 6) is 0.0538. The highest BCUT2D eigenvalue weighted by molar-refractivity contribution is 5.82. The van der Waals surface area contributed by atoms with Crippen LogP contribution in [0.1, 0.15) is 49.7 Å². The number of fused-ring (bicyclic) bond motifs is 1. The van der Waals surface area contributed by atoms with Gasteiger partial charge >= 0.3 is 0 Å². The first-order chi connectivity index (χ1) is 12.6. The standard InChI is InChI=1S/C21H26N2O3/c1-14-8-9-18-15(11-14)12-16(20(24)22-18)13-23(17-5-2-3-6-17)21(25)19-7-4-10-26-19/h8-9,11-12,17,19H,2-7,10,13H2,1H3,(H,22,24).